The van der Waals surface area contributed by atoms with Gasteiger partial charge in [0.2, 0.25) is 0 Å². The van der Waals surface area contributed by atoms with E-state index in [0.29, 0.717) is 36.5 Å². The molecule has 2 amide bonds. The molecule has 3 heterocycles. The molecule has 2 N–H and O–H groups in total. The van der Waals surface area contributed by atoms with Gasteiger partial charge in [-0.25, -0.2) is 9.59 Å². The molecule has 8 heteroatoms. The monoisotopic (exact) mass is 368 g/mol. The topological polar surface area (TPSA) is 100 Å². The molecule has 8 nitrogen and oxygen atoms in total. The van der Waals surface area contributed by atoms with Gasteiger partial charge in [0, 0.05) is 31.0 Å². The number of benzene rings is 1. The van der Waals surface area contributed by atoms with Gasteiger partial charge < -0.3 is 19.4 Å². The lowest BCUT2D eigenvalue weighted by Crippen LogP contribution is -2.45. The van der Waals surface area contributed by atoms with Gasteiger partial charge in [0.15, 0.2) is 5.58 Å². The normalized spacial score (nSPS) is 17.2. The molecule has 2 aromatic heterocycles. The van der Waals surface area contributed by atoms with E-state index in [1.54, 1.807) is 29.3 Å². The average molecular weight is 368 g/mol. The zero-order valence-electron chi connectivity index (χ0n) is 14.7. The zero-order chi connectivity index (χ0) is 18.6. The lowest BCUT2D eigenvalue weighted by molar-refractivity contribution is -0.000325. The molecule has 0 bridgehead atoms. The van der Waals surface area contributed by atoms with E-state index >= 15 is 0 Å². The summed E-state index contributed by atoms with van der Waals surface area (Å²) in [7, 11) is 0. The summed E-state index contributed by atoms with van der Waals surface area (Å²) >= 11 is 0. The number of fused-ring (bicyclic) bond motifs is 1. The number of nitrogens with one attached hydrogen (secondary N) is 2. The second kappa shape index (κ2) is 7.63. The number of piperidine rings is 1. The molecule has 4 rings (SSSR count). The highest BCUT2D eigenvalue weighted by atomic mass is 16.5. The molecule has 1 fully saturated rings. The fraction of sp³-hybridized carbons (Fsp3) is 0.316. The number of anilines is 1. The Balaban J connectivity index is 1.35. The molecule has 1 saturated heterocycles. The third kappa shape index (κ3) is 4.17. The van der Waals surface area contributed by atoms with Crippen molar-refractivity contribution in [3.8, 4) is 0 Å². The van der Waals surface area contributed by atoms with Crippen molar-refractivity contribution in [1.29, 1.82) is 0 Å². The van der Waals surface area contributed by atoms with E-state index in [0.717, 1.165) is 18.5 Å². The number of aromatic nitrogens is 2. The van der Waals surface area contributed by atoms with Gasteiger partial charge in [-0.05, 0) is 37.1 Å². The Labute approximate surface area is 155 Å². The molecule has 0 aliphatic carbocycles. The van der Waals surface area contributed by atoms with Gasteiger partial charge in [-0.3, -0.25) is 9.97 Å². The number of aromatic amines is 1. The van der Waals surface area contributed by atoms with Crippen molar-refractivity contribution in [1.82, 2.24) is 14.9 Å². The number of likely N-dealkylation sites (tertiary alicyclic amines) is 1. The molecule has 0 spiro atoms. The van der Waals surface area contributed by atoms with Crippen LogP contribution < -0.4 is 11.1 Å². The summed E-state index contributed by atoms with van der Waals surface area (Å²) < 4.78 is 10.9. The van der Waals surface area contributed by atoms with Crippen molar-refractivity contribution in [2.75, 3.05) is 18.4 Å². The zero-order valence-corrected chi connectivity index (χ0v) is 14.7. The van der Waals surface area contributed by atoms with Crippen molar-refractivity contribution in [2.24, 2.45) is 0 Å². The van der Waals surface area contributed by atoms with Crippen LogP contribution in [-0.2, 0) is 11.3 Å². The van der Waals surface area contributed by atoms with E-state index in [1.165, 1.54) is 0 Å². The van der Waals surface area contributed by atoms with Gasteiger partial charge in [0.1, 0.15) is 0 Å². The maximum atomic E-state index is 12.6. The van der Waals surface area contributed by atoms with Crippen molar-refractivity contribution in [3.63, 3.8) is 0 Å². The van der Waals surface area contributed by atoms with Crippen LogP contribution in [0, 0.1) is 0 Å². The van der Waals surface area contributed by atoms with Crippen LogP contribution in [0.2, 0.25) is 0 Å². The number of ether oxygens (including phenoxy) is 1. The first-order valence-electron chi connectivity index (χ1n) is 8.88. The lowest BCUT2D eigenvalue weighted by atomic mass is 10.1. The number of pyridine rings is 1. The van der Waals surface area contributed by atoms with Crippen molar-refractivity contribution in [2.45, 2.75) is 25.6 Å². The van der Waals surface area contributed by atoms with Crippen LogP contribution in [0.15, 0.2) is 51.8 Å². The number of hydrogen-bond acceptors (Lipinski definition) is 5. The van der Waals surface area contributed by atoms with Crippen molar-refractivity contribution in [3.05, 3.63) is 58.8 Å². The Morgan fingerprint density at radius 2 is 2.30 bits per heavy atom. The number of H-pyrrole nitrogens is 1. The number of oxazole rings is 1. The van der Waals surface area contributed by atoms with E-state index in [2.05, 4.69) is 15.3 Å². The smallest absolute Gasteiger partial charge is 0.408 e. The Kier molecular flexibility index (Phi) is 4.88. The molecular formula is C19H20N4O4. The SMILES string of the molecule is O=C(Nc1ccc2[nH]c(=O)oc2c1)N1CCCC(OCc2ccccn2)C1. The van der Waals surface area contributed by atoms with Gasteiger partial charge in [0.05, 0.1) is 23.9 Å². The summed E-state index contributed by atoms with van der Waals surface area (Å²) in [6.45, 7) is 1.64. The van der Waals surface area contributed by atoms with Gasteiger partial charge in [-0.15, -0.1) is 0 Å². The third-order valence-corrected chi connectivity index (χ3v) is 4.53. The molecule has 1 unspecified atom stereocenters. The lowest BCUT2D eigenvalue weighted by Gasteiger charge is -2.32. The van der Waals surface area contributed by atoms with Crippen LogP contribution in [-0.4, -0.2) is 40.1 Å². The van der Waals surface area contributed by atoms with E-state index in [9.17, 15) is 9.59 Å². The fourth-order valence-electron chi connectivity index (χ4n) is 3.17. The summed E-state index contributed by atoms with van der Waals surface area (Å²) in [5, 5.41) is 2.85. The summed E-state index contributed by atoms with van der Waals surface area (Å²) in [5.74, 6) is -0.516. The number of hydrogen-bond donors (Lipinski definition) is 2. The molecule has 1 atom stereocenters. The van der Waals surface area contributed by atoms with E-state index in [1.807, 2.05) is 18.2 Å². The largest absolute Gasteiger partial charge is 0.417 e. The van der Waals surface area contributed by atoms with Crippen molar-refractivity contribution >= 4 is 22.8 Å². The summed E-state index contributed by atoms with van der Waals surface area (Å²) in [5.41, 5.74) is 2.46. The molecule has 1 aromatic carbocycles. The number of urea groups is 1. The van der Waals surface area contributed by atoms with Crippen LogP contribution in [0.3, 0.4) is 0 Å². The van der Waals surface area contributed by atoms with Crippen LogP contribution >= 0.6 is 0 Å². The van der Waals surface area contributed by atoms with Gasteiger partial charge in [-0.2, -0.15) is 0 Å². The fourth-order valence-corrected chi connectivity index (χ4v) is 3.17. The Morgan fingerprint density at radius 1 is 1.37 bits per heavy atom. The van der Waals surface area contributed by atoms with E-state index in [4.69, 9.17) is 9.15 Å². The highest BCUT2D eigenvalue weighted by Gasteiger charge is 2.24. The highest BCUT2D eigenvalue weighted by Crippen LogP contribution is 2.19. The minimum Gasteiger partial charge on any atom is -0.408 e. The number of carbonyl (C=O) groups is 1. The first kappa shape index (κ1) is 17.3. The minimum absolute atomic E-state index is 0.0170. The van der Waals surface area contributed by atoms with Crippen LogP contribution in [0.25, 0.3) is 11.1 Å². The second-order valence-electron chi connectivity index (χ2n) is 6.50. The number of nitrogens with zero attached hydrogens (tertiary/aromatic N) is 2. The minimum atomic E-state index is -0.516. The Hall–Kier alpha value is -3.13. The molecule has 27 heavy (non-hydrogen) atoms. The first-order valence-corrected chi connectivity index (χ1v) is 8.88. The predicted octanol–water partition coefficient (Wildman–Crippen LogP) is 2.73. The highest BCUT2D eigenvalue weighted by molar-refractivity contribution is 5.91. The third-order valence-electron chi connectivity index (χ3n) is 4.53. The molecule has 0 saturated carbocycles. The number of rotatable bonds is 4. The second-order valence-corrected chi connectivity index (χ2v) is 6.50. The van der Waals surface area contributed by atoms with Gasteiger partial charge in [-0.1, -0.05) is 6.07 Å². The van der Waals surface area contributed by atoms with Crippen LogP contribution in [0.1, 0.15) is 18.5 Å². The molecule has 1 aliphatic heterocycles. The Bertz CT molecular complexity index is 982. The maximum absolute atomic E-state index is 12.6. The first-order chi connectivity index (χ1) is 13.2. The van der Waals surface area contributed by atoms with Crippen LogP contribution in [0.5, 0.6) is 0 Å². The van der Waals surface area contributed by atoms with Gasteiger partial charge in [0.25, 0.3) is 0 Å². The summed E-state index contributed by atoms with van der Waals surface area (Å²) in [6, 6.07) is 10.6. The maximum Gasteiger partial charge on any atom is 0.417 e. The number of amides is 2. The van der Waals surface area contributed by atoms with Crippen LogP contribution in [0.4, 0.5) is 10.5 Å². The summed E-state index contributed by atoms with van der Waals surface area (Å²) in [6.07, 6.45) is 3.52. The standard InChI is InChI=1S/C19H20N4O4/c24-18(21-13-6-7-16-17(10-13)27-19(25)22-16)23-9-3-5-15(11-23)26-12-14-4-1-2-8-20-14/h1-2,4,6-8,10,15H,3,5,9,11-12H2,(H,21,24)(H,22,25). The quantitative estimate of drug-likeness (QED) is 0.737. The van der Waals surface area contributed by atoms with E-state index < -0.39 is 5.76 Å². The molecule has 1 aliphatic rings. The van der Waals surface area contributed by atoms with Crippen molar-refractivity contribution < 1.29 is 13.9 Å². The Morgan fingerprint density at radius 3 is 3.15 bits per heavy atom. The summed E-state index contributed by atoms with van der Waals surface area (Å²) in [4.78, 5) is 32.4. The van der Waals surface area contributed by atoms with E-state index in [-0.39, 0.29) is 12.1 Å². The van der Waals surface area contributed by atoms with Gasteiger partial charge >= 0.3 is 11.8 Å². The molecule has 3 aromatic rings. The molecule has 140 valence electrons. The predicted molar refractivity (Wildman–Crippen MR) is 99.5 cm³/mol. The molecular weight excluding hydrogens is 348 g/mol. The molecule has 0 radical (unpaired) electrons. The average Bonchev–Trinajstić information content (AvgIpc) is 3.07. The number of carbonyl (C=O) groups excluding carboxylic acids is 1.